The minimum atomic E-state index is -1.75. The Balaban J connectivity index is 1.09. The number of aromatic nitrogens is 4. The molecule has 6 aromatic rings. The molecule has 19 N–H and O–H groups in total. The number of hydrogen-bond acceptors (Lipinski definition) is 21. The highest BCUT2D eigenvalue weighted by molar-refractivity contribution is 8.00. The highest BCUT2D eigenvalue weighted by Crippen LogP contribution is 2.28. The van der Waals surface area contributed by atoms with Gasteiger partial charge in [0, 0.05) is 112 Å². The van der Waals surface area contributed by atoms with Gasteiger partial charge in [0.1, 0.15) is 90.5 Å². The Kier molecular flexibility index (Phi) is 38.4. The van der Waals surface area contributed by atoms with Crippen LogP contribution >= 0.6 is 11.8 Å². The number of amides is 16. The van der Waals surface area contributed by atoms with Gasteiger partial charge in [0.2, 0.25) is 94.5 Å². The van der Waals surface area contributed by atoms with Crippen molar-refractivity contribution in [3.63, 3.8) is 0 Å². The van der Waals surface area contributed by atoms with Gasteiger partial charge in [-0.25, -0.2) is 4.98 Å². The number of fused-ring (bicyclic) bond motifs is 4. The van der Waals surface area contributed by atoms with Crippen molar-refractivity contribution in [2.45, 2.75) is 241 Å². The third-order valence-electron chi connectivity index (χ3n) is 24.1. The second-order valence-electron chi connectivity index (χ2n) is 34.3. The Morgan fingerprint density at radius 2 is 1.02 bits per heavy atom. The highest BCUT2D eigenvalue weighted by Gasteiger charge is 2.46. The zero-order chi connectivity index (χ0) is 96.2. The molecule has 0 spiro atoms. The molecule has 40 heteroatoms. The van der Waals surface area contributed by atoms with Crippen molar-refractivity contribution in [2.75, 3.05) is 52.3 Å². The number of nitrogens with two attached hydrogens (primary N) is 2. The SMILES string of the molecule is C=CC[C@@H]1NC(=O)[C@H](Cc2c[nH]c3ccccc23)NC(=O)C2CCCN2C(=O)[C@H](CC(C)C)NC(=O)[C@H](Cc2cnc[nH]2)NC(=O)[C@@H]2CCCN2C(=O)[C@H](CC(N)=O)NC(=O)[C@H](C)N(C)C(=O)[C@H](Cc2ccc(O)cc2)NC(=O)CSC[C@@H](C(O)NCC(N)=O)NC(=O)[C@H](CC=C)NC(=O)[C@H](CCCC)N(C)C(=O)[C@H](CCCC)N(C)C(=O)[C@H](Cc2c[nH]c3ccccc23)NC1=O. The molecule has 714 valence electrons. The average Bonchev–Trinajstić information content (AvgIpc) is 1.73. The lowest BCUT2D eigenvalue weighted by Gasteiger charge is -2.36. The van der Waals surface area contributed by atoms with E-state index in [-0.39, 0.29) is 108 Å². The minimum Gasteiger partial charge on any atom is -0.508 e. The van der Waals surface area contributed by atoms with E-state index in [2.05, 4.69) is 86.3 Å². The van der Waals surface area contributed by atoms with E-state index in [0.717, 1.165) is 21.6 Å². The Morgan fingerprint density at radius 1 is 0.538 bits per heavy atom. The zero-order valence-electron chi connectivity index (χ0n) is 76.0. The van der Waals surface area contributed by atoms with Crippen molar-refractivity contribution in [3.8, 4) is 5.75 Å². The molecule has 3 aromatic heterocycles. The largest absolute Gasteiger partial charge is 0.508 e. The molecule has 132 heavy (non-hydrogen) atoms. The molecule has 3 fully saturated rings. The van der Waals surface area contributed by atoms with Gasteiger partial charge in [0.25, 0.3) is 0 Å². The Morgan fingerprint density at radius 3 is 1.55 bits per heavy atom. The Labute approximate surface area is 770 Å². The molecule has 15 atom stereocenters. The summed E-state index contributed by atoms with van der Waals surface area (Å²) in [6.45, 7) is 15.8. The quantitative estimate of drug-likeness (QED) is 0.0264. The number of aromatic amines is 3. The number of H-pyrrole nitrogens is 3. The van der Waals surface area contributed by atoms with E-state index < -0.39 is 204 Å². The van der Waals surface area contributed by atoms with Gasteiger partial charge in [-0.05, 0) is 112 Å². The number of carbonyl (C=O) groups is 16. The second kappa shape index (κ2) is 49.3. The first-order valence-electron chi connectivity index (χ1n) is 44.8. The fourth-order valence-electron chi connectivity index (χ4n) is 16.7. The molecule has 0 saturated carbocycles. The Bertz CT molecular complexity index is 5080. The third-order valence-corrected chi connectivity index (χ3v) is 25.1. The van der Waals surface area contributed by atoms with Crippen molar-refractivity contribution in [1.82, 2.24) is 97.6 Å². The maximum absolute atomic E-state index is 15.8. The summed E-state index contributed by atoms with van der Waals surface area (Å²) >= 11 is 0.851. The van der Waals surface area contributed by atoms with E-state index in [0.29, 0.717) is 76.3 Å². The first kappa shape index (κ1) is 103. The van der Waals surface area contributed by atoms with Crippen LogP contribution in [0.25, 0.3) is 21.8 Å². The van der Waals surface area contributed by atoms with Crippen LogP contribution < -0.4 is 64.6 Å². The zero-order valence-corrected chi connectivity index (χ0v) is 76.8. The van der Waals surface area contributed by atoms with Crippen LogP contribution in [0.15, 0.2) is 123 Å². The molecule has 2 unspecified atom stereocenters. The summed E-state index contributed by atoms with van der Waals surface area (Å²) in [7, 11) is 4.06. The van der Waals surface area contributed by atoms with Gasteiger partial charge < -0.3 is 109 Å². The predicted octanol–water partition coefficient (Wildman–Crippen LogP) is 0.789. The normalized spacial score (nSPS) is 24.8. The summed E-state index contributed by atoms with van der Waals surface area (Å²) in [5.74, 6) is -14.7. The molecule has 0 aliphatic carbocycles. The van der Waals surface area contributed by atoms with Crippen molar-refractivity contribution in [1.29, 1.82) is 0 Å². The number of primary amides is 2. The van der Waals surface area contributed by atoms with E-state index in [1.54, 1.807) is 24.5 Å². The first-order valence-corrected chi connectivity index (χ1v) is 46.0. The fraction of sp³-hybridized carbons (Fsp3) is 0.511. The number of aliphatic hydroxyl groups is 1. The lowest BCUT2D eigenvalue weighted by molar-refractivity contribution is -0.149. The van der Waals surface area contributed by atoms with Gasteiger partial charge >= 0.3 is 0 Å². The number of likely N-dealkylation sites (N-methyl/N-ethyl adjacent to an activating group) is 3. The number of hydrogen-bond donors (Lipinski definition) is 17. The van der Waals surface area contributed by atoms with Crippen molar-refractivity contribution >= 4 is 128 Å². The number of benzene rings is 3. The van der Waals surface area contributed by atoms with Gasteiger partial charge in [0.05, 0.1) is 31.1 Å². The van der Waals surface area contributed by atoms with Crippen LogP contribution in [0.4, 0.5) is 0 Å². The topological polar surface area (TPSA) is 562 Å². The number of aromatic hydroxyl groups is 1. The number of imidazole rings is 1. The molecule has 3 aromatic carbocycles. The highest BCUT2D eigenvalue weighted by atomic mass is 32.2. The van der Waals surface area contributed by atoms with Gasteiger partial charge in [0.15, 0.2) is 0 Å². The lowest BCUT2D eigenvalue weighted by Crippen LogP contribution is -2.61. The van der Waals surface area contributed by atoms with Crippen molar-refractivity contribution < 1.29 is 86.9 Å². The summed E-state index contributed by atoms with van der Waals surface area (Å²) in [5.41, 5.74) is 14.6. The number of nitrogens with one attached hydrogen (secondary N) is 13. The fourth-order valence-corrected chi connectivity index (χ4v) is 17.6. The van der Waals surface area contributed by atoms with E-state index in [4.69, 9.17) is 11.5 Å². The summed E-state index contributed by atoms with van der Waals surface area (Å²) in [6.07, 6.45) is 7.68. The van der Waals surface area contributed by atoms with Crippen LogP contribution in [0.1, 0.15) is 147 Å². The lowest BCUT2D eigenvalue weighted by atomic mass is 9.99. The maximum Gasteiger partial charge on any atom is 0.246 e. The van der Waals surface area contributed by atoms with Crippen molar-refractivity contribution in [3.05, 3.63) is 145 Å². The van der Waals surface area contributed by atoms with Crippen LogP contribution in [-0.2, 0) is 102 Å². The first-order chi connectivity index (χ1) is 63.0. The molecular weight excluding hydrogens is 1720 g/mol. The maximum atomic E-state index is 15.8. The van der Waals surface area contributed by atoms with Gasteiger partial charge in [-0.3, -0.25) is 82.0 Å². The van der Waals surface area contributed by atoms with Crippen LogP contribution in [0.5, 0.6) is 5.75 Å². The molecule has 3 aliphatic rings. The number of carbonyl (C=O) groups excluding carboxylic acids is 16. The van der Waals surface area contributed by atoms with Gasteiger partial charge in [-0.2, -0.15) is 0 Å². The van der Waals surface area contributed by atoms with Gasteiger partial charge in [-0.15, -0.1) is 24.9 Å². The number of para-hydroxylation sites is 2. The minimum absolute atomic E-state index is 0.0176. The molecule has 39 nitrogen and oxygen atoms in total. The van der Waals surface area contributed by atoms with Gasteiger partial charge in [-0.1, -0.05) is 114 Å². The molecule has 0 bridgehead atoms. The van der Waals surface area contributed by atoms with E-state index in [9.17, 15) is 48.6 Å². The average molecular weight is 1850 g/mol. The number of unbranched alkanes of at least 4 members (excludes halogenated alkanes) is 2. The smallest absolute Gasteiger partial charge is 0.246 e. The number of rotatable bonds is 26. The van der Waals surface area contributed by atoms with Crippen LogP contribution in [0.2, 0.25) is 0 Å². The number of phenols is 1. The second-order valence-corrected chi connectivity index (χ2v) is 35.3. The summed E-state index contributed by atoms with van der Waals surface area (Å²) in [5, 5.41) is 50.8. The standard InChI is InChI=1S/C92H127N21O18S/c1-11-15-29-72-85(124)102-64(24-14-4)82(121)108-71(80(119)98-48-77(94)116)49-132-50-78(117)100-68(40-54-33-35-58(114)36-34-54)88(127)109(8)53(7)79(118)105-70(44-76(93)115)91(130)113-38-22-32-74(113)87(126)104-66(43-57-47-95-51-99-57)84(123)106-67(39-52(5)6)90(129)112-37-21-31-73(112)86(125)103-65(41-55-45-96-61-27-19-17-25-59(55)61)83(122)101-63(23-13-3)81(120)107-69(42-56-46-97-62-28-20-18-26-60(56)62)89(128)111(10)75(30-16-12-2)92(131)110(72)9/h13-14,17-20,25-28,33-36,45-47,51-53,63-75,80,96-98,114,119H,3-4,11-12,15-16,21-24,29-32,37-44,48-50H2,1-2,5-10H3,(H2,93,115)(H2,94,116)(H,95,99)(H,100,117)(H,101,122)(H,102,124)(H,103,125)(H,104,126)(H,105,118)(H,106,123)(H,107,120)(H,108,121)/t53-,63-,64-,65-,66-,67-,68-,69-,70-,71-,72-,73?,74-,75-,80?/m0/s1. The third kappa shape index (κ3) is 28.0. The molecule has 3 aliphatic heterocycles. The number of nitrogens with zero attached hydrogens (tertiary/aromatic N) is 6. The molecule has 3 saturated heterocycles. The van der Waals surface area contributed by atoms with Crippen LogP contribution in [-0.4, -0.2) is 292 Å². The number of thioether (sulfide) groups is 1. The molecule has 0 radical (unpaired) electrons. The summed E-state index contributed by atoms with van der Waals surface area (Å²) in [6, 6.07) is 0.211. The van der Waals surface area contributed by atoms with E-state index in [1.165, 1.54) is 91.7 Å². The van der Waals surface area contributed by atoms with Crippen LogP contribution in [0, 0.1) is 5.92 Å². The number of aliphatic hydroxyl groups excluding tert-OH is 1. The van der Waals surface area contributed by atoms with E-state index >= 15 is 38.4 Å². The number of phenolic OH excluding ortho intramolecular Hbond substituents is 1. The molecule has 9 rings (SSSR count). The Hall–Kier alpha value is -13.0. The van der Waals surface area contributed by atoms with Crippen LogP contribution in [0.3, 0.4) is 0 Å². The summed E-state index contributed by atoms with van der Waals surface area (Å²) < 4.78 is 0. The monoisotopic (exact) mass is 1850 g/mol. The summed E-state index contributed by atoms with van der Waals surface area (Å²) in [4.78, 5) is 256. The molecule has 16 amide bonds. The van der Waals surface area contributed by atoms with Crippen molar-refractivity contribution in [2.24, 2.45) is 17.4 Å². The van der Waals surface area contributed by atoms with E-state index in [1.807, 2.05) is 64.1 Å². The molecule has 6 heterocycles. The predicted molar refractivity (Wildman–Crippen MR) is 493 cm³/mol. The molecular formula is C92H127N21O18S.